The summed E-state index contributed by atoms with van der Waals surface area (Å²) in [7, 11) is -4.50. The van der Waals surface area contributed by atoms with E-state index in [1.807, 2.05) is 54.6 Å². The Hall–Kier alpha value is -5.00. The Balaban J connectivity index is 1.34. The minimum atomic E-state index is -4.50. The van der Waals surface area contributed by atoms with Crippen molar-refractivity contribution in [3.05, 3.63) is 131 Å². The predicted octanol–water partition coefficient (Wildman–Crippen LogP) is 4.60. The SMILES string of the molecule is NC(=O)[C@H](Cc1ccc(Cl)cc1)NC(=O)[C@H](Cc1ccc(-c2ccccc2)cc1)NC(=O)CP(=O)(O)C(Cc1ccccc1)NC(=O)O[C@H]1CCOC1. The summed E-state index contributed by atoms with van der Waals surface area (Å²) in [4.78, 5) is 64.0. The lowest BCUT2D eigenvalue weighted by Crippen LogP contribution is -2.54. The third kappa shape index (κ3) is 12.0. The van der Waals surface area contributed by atoms with Gasteiger partial charge in [-0.2, -0.15) is 0 Å². The molecular weight excluding hydrogens is 719 g/mol. The number of alkyl carbamates (subject to hydrolysis) is 1. The van der Waals surface area contributed by atoms with Crippen LogP contribution in [0.1, 0.15) is 23.1 Å². The van der Waals surface area contributed by atoms with Crippen molar-refractivity contribution in [1.29, 1.82) is 0 Å². The molecular formula is C39H42ClN4O8P. The molecule has 0 spiro atoms. The smallest absolute Gasteiger partial charge is 0.408 e. The molecule has 2 unspecified atom stereocenters. The number of rotatable bonds is 16. The van der Waals surface area contributed by atoms with Crippen molar-refractivity contribution in [3.63, 3.8) is 0 Å². The molecule has 0 radical (unpaired) electrons. The lowest BCUT2D eigenvalue weighted by molar-refractivity contribution is -0.130. The molecule has 1 aliphatic rings. The standard InChI is InChI=1S/C39H42ClN4O8P/c40-31-17-13-28(14-18-31)21-33(37(41)46)43-38(47)34(22-27-11-15-30(16-12-27)29-9-5-2-6-10-29)42-35(45)25-53(49,50)36(23-26-7-3-1-4-8-26)44-39(48)52-32-19-20-51-24-32/h1-18,32-34,36H,19-25H2,(H2,41,46)(H,42,45)(H,43,47)(H,44,48)(H,49,50)/t32-,33-,34-,36?/m0/s1. The molecule has 0 aromatic heterocycles. The van der Waals surface area contributed by atoms with Crippen molar-refractivity contribution in [1.82, 2.24) is 16.0 Å². The molecule has 1 fully saturated rings. The third-order valence-electron chi connectivity index (χ3n) is 8.74. The highest BCUT2D eigenvalue weighted by molar-refractivity contribution is 7.59. The van der Waals surface area contributed by atoms with E-state index in [1.54, 1.807) is 54.6 Å². The van der Waals surface area contributed by atoms with Crippen molar-refractivity contribution in [2.45, 2.75) is 49.7 Å². The zero-order valence-corrected chi connectivity index (χ0v) is 30.5. The summed E-state index contributed by atoms with van der Waals surface area (Å²) >= 11 is 6.00. The van der Waals surface area contributed by atoms with Gasteiger partial charge in [-0.15, -0.1) is 0 Å². The van der Waals surface area contributed by atoms with E-state index < -0.39 is 61.3 Å². The number of nitrogens with one attached hydrogen (secondary N) is 3. The Morgan fingerprint density at radius 1 is 0.774 bits per heavy atom. The molecule has 4 aromatic carbocycles. The van der Waals surface area contributed by atoms with Gasteiger partial charge in [0.15, 0.2) is 0 Å². The fourth-order valence-corrected chi connectivity index (χ4v) is 7.53. The van der Waals surface area contributed by atoms with Crippen LogP contribution in [0.2, 0.25) is 5.02 Å². The zero-order valence-electron chi connectivity index (χ0n) is 28.9. The lowest BCUT2D eigenvalue weighted by Gasteiger charge is -2.26. The number of amides is 4. The van der Waals surface area contributed by atoms with Gasteiger partial charge in [0, 0.05) is 30.7 Å². The fourth-order valence-electron chi connectivity index (χ4n) is 5.88. The second-order valence-electron chi connectivity index (χ2n) is 12.8. The number of benzene rings is 4. The molecule has 4 aromatic rings. The highest BCUT2D eigenvalue weighted by Crippen LogP contribution is 2.46. The van der Waals surface area contributed by atoms with Gasteiger partial charge in [-0.05, 0) is 39.9 Å². The van der Waals surface area contributed by atoms with Crippen molar-refractivity contribution < 1.29 is 38.1 Å². The molecule has 0 saturated carbocycles. The number of carbonyl (C=O) groups is 4. The molecule has 278 valence electrons. The van der Waals surface area contributed by atoms with Crippen LogP contribution in [0, 0.1) is 0 Å². The highest BCUT2D eigenvalue weighted by atomic mass is 35.5. The second kappa shape index (κ2) is 18.7. The molecule has 0 aliphatic carbocycles. The number of halogens is 1. The summed E-state index contributed by atoms with van der Waals surface area (Å²) in [5.41, 5.74) is 9.61. The highest BCUT2D eigenvalue weighted by Gasteiger charge is 2.37. The number of primary amides is 1. The van der Waals surface area contributed by atoms with E-state index in [2.05, 4.69) is 16.0 Å². The van der Waals surface area contributed by atoms with E-state index in [-0.39, 0.29) is 25.9 Å². The summed E-state index contributed by atoms with van der Waals surface area (Å²) < 4.78 is 24.5. The Bertz CT molecular complexity index is 1890. The van der Waals surface area contributed by atoms with Crippen molar-refractivity contribution in [3.8, 4) is 11.1 Å². The van der Waals surface area contributed by atoms with Gasteiger partial charge >= 0.3 is 6.09 Å². The topological polar surface area (TPSA) is 186 Å². The molecule has 1 aliphatic heterocycles. The molecule has 1 heterocycles. The molecule has 1 saturated heterocycles. The van der Waals surface area contributed by atoms with E-state index in [4.69, 9.17) is 26.8 Å². The maximum atomic E-state index is 13.9. The van der Waals surface area contributed by atoms with E-state index in [9.17, 15) is 28.6 Å². The summed E-state index contributed by atoms with van der Waals surface area (Å²) in [6.07, 6.45) is -1.86. The molecule has 4 amide bonds. The quantitative estimate of drug-likeness (QED) is 0.103. The van der Waals surface area contributed by atoms with Crippen LogP contribution in [-0.2, 0) is 47.7 Å². The minimum Gasteiger partial charge on any atom is -0.444 e. The Morgan fingerprint density at radius 3 is 1.94 bits per heavy atom. The summed E-state index contributed by atoms with van der Waals surface area (Å²) in [5, 5.41) is 8.23. The van der Waals surface area contributed by atoms with Gasteiger partial charge < -0.3 is 36.1 Å². The molecule has 53 heavy (non-hydrogen) atoms. The van der Waals surface area contributed by atoms with Crippen LogP contribution >= 0.6 is 19.0 Å². The van der Waals surface area contributed by atoms with Crippen molar-refractivity contribution >= 4 is 42.8 Å². The Labute approximate surface area is 312 Å². The van der Waals surface area contributed by atoms with Crippen LogP contribution in [0.15, 0.2) is 109 Å². The van der Waals surface area contributed by atoms with E-state index >= 15 is 0 Å². The molecule has 14 heteroatoms. The van der Waals surface area contributed by atoms with E-state index in [0.717, 1.165) is 11.1 Å². The van der Waals surface area contributed by atoms with Crippen molar-refractivity contribution in [2.75, 3.05) is 19.4 Å². The average Bonchev–Trinajstić information content (AvgIpc) is 3.65. The van der Waals surface area contributed by atoms with Gasteiger partial charge in [-0.3, -0.25) is 18.9 Å². The summed E-state index contributed by atoms with van der Waals surface area (Å²) in [6, 6.07) is 30.1. The van der Waals surface area contributed by atoms with Gasteiger partial charge in [0.25, 0.3) is 0 Å². The van der Waals surface area contributed by atoms with Gasteiger partial charge in [-0.25, -0.2) is 4.79 Å². The van der Waals surface area contributed by atoms with Gasteiger partial charge in [0.1, 0.15) is 30.1 Å². The van der Waals surface area contributed by atoms with Gasteiger partial charge in [0.05, 0.1) is 13.2 Å². The molecule has 5 atom stereocenters. The van der Waals surface area contributed by atoms with Crippen LogP contribution in [0.4, 0.5) is 4.79 Å². The summed E-state index contributed by atoms with van der Waals surface area (Å²) in [5.74, 6) is -3.82. The van der Waals surface area contributed by atoms with Crippen LogP contribution in [0.3, 0.4) is 0 Å². The fraction of sp³-hybridized carbons (Fsp3) is 0.282. The largest absolute Gasteiger partial charge is 0.444 e. The van der Waals surface area contributed by atoms with Gasteiger partial charge in [0.2, 0.25) is 25.1 Å². The monoisotopic (exact) mass is 760 g/mol. The molecule has 12 nitrogen and oxygen atoms in total. The molecule has 6 N–H and O–H groups in total. The van der Waals surface area contributed by atoms with Crippen molar-refractivity contribution in [2.24, 2.45) is 5.73 Å². The normalized spacial score (nSPS) is 16.7. The number of ether oxygens (including phenoxy) is 2. The van der Waals surface area contributed by atoms with Crippen LogP contribution in [0.25, 0.3) is 11.1 Å². The number of nitrogens with two attached hydrogens (primary N) is 1. The molecule has 0 bridgehead atoms. The summed E-state index contributed by atoms with van der Waals surface area (Å²) in [6.45, 7) is 0.641. The van der Waals surface area contributed by atoms with E-state index in [1.165, 1.54) is 0 Å². The number of hydrogen-bond acceptors (Lipinski definition) is 7. The zero-order chi connectivity index (χ0) is 37.8. The predicted molar refractivity (Wildman–Crippen MR) is 201 cm³/mol. The van der Waals surface area contributed by atoms with Crippen LogP contribution in [-0.4, -0.2) is 72.1 Å². The van der Waals surface area contributed by atoms with E-state index in [0.29, 0.717) is 34.7 Å². The first-order chi connectivity index (χ1) is 25.4. The Morgan fingerprint density at radius 2 is 1.34 bits per heavy atom. The number of carbonyl (C=O) groups excluding carboxylic acids is 4. The lowest BCUT2D eigenvalue weighted by atomic mass is 9.99. The third-order valence-corrected chi connectivity index (χ3v) is 11.0. The van der Waals surface area contributed by atoms with Crippen LogP contribution in [0.5, 0.6) is 0 Å². The first-order valence-electron chi connectivity index (χ1n) is 17.1. The second-order valence-corrected chi connectivity index (χ2v) is 15.7. The molecule has 5 rings (SSSR count). The minimum absolute atomic E-state index is 0.0176. The average molecular weight is 761 g/mol. The van der Waals surface area contributed by atoms with Gasteiger partial charge in [-0.1, -0.05) is 109 Å². The maximum absolute atomic E-state index is 13.9. The maximum Gasteiger partial charge on any atom is 0.408 e. The first-order valence-corrected chi connectivity index (χ1v) is 19.4. The van der Waals surface area contributed by atoms with Crippen LogP contribution < -0.4 is 21.7 Å². The Kier molecular flexibility index (Phi) is 13.8. The first kappa shape index (κ1) is 39.2. The number of hydrogen-bond donors (Lipinski definition) is 5.